The number of hydrogen-bond donors (Lipinski definition) is 1. The van der Waals surface area contributed by atoms with Crippen molar-refractivity contribution in [3.63, 3.8) is 0 Å². The van der Waals surface area contributed by atoms with Crippen molar-refractivity contribution in [1.82, 2.24) is 0 Å². The summed E-state index contributed by atoms with van der Waals surface area (Å²) in [5.74, 6) is 4.21. The lowest BCUT2D eigenvalue weighted by molar-refractivity contribution is -0.147. The fourth-order valence-electron chi connectivity index (χ4n) is 7.85. The van der Waals surface area contributed by atoms with E-state index in [-0.39, 0.29) is 5.41 Å². The molecule has 3 heteroatoms. The molecule has 8 atom stereocenters. The van der Waals surface area contributed by atoms with Crippen molar-refractivity contribution < 1.29 is 14.6 Å². The van der Waals surface area contributed by atoms with Crippen molar-refractivity contribution in [1.29, 1.82) is 0 Å². The maximum Gasteiger partial charge on any atom is 0.123 e. The number of aldehydes is 1. The van der Waals surface area contributed by atoms with Crippen LogP contribution >= 0.6 is 0 Å². The third kappa shape index (κ3) is 3.07. The number of aliphatic hydroxyl groups is 1. The summed E-state index contributed by atoms with van der Waals surface area (Å²) in [6.07, 6.45) is 13.2. The number of ether oxygens (including phenoxy) is 1. The molecule has 4 aliphatic rings. The molecule has 4 aliphatic carbocycles. The van der Waals surface area contributed by atoms with Crippen molar-refractivity contribution in [2.24, 2.45) is 40.9 Å². The highest BCUT2D eigenvalue weighted by molar-refractivity contribution is 5.55. The number of rotatable bonds is 4. The molecule has 4 rings (SSSR count). The topological polar surface area (TPSA) is 46.5 Å². The number of carbonyl (C=O) groups is 1. The van der Waals surface area contributed by atoms with Crippen LogP contribution in [-0.4, -0.2) is 30.2 Å². The minimum atomic E-state index is -0.583. The molecule has 4 fully saturated rings. The highest BCUT2D eigenvalue weighted by Gasteiger charge is 2.56. The molecule has 0 bridgehead atoms. The number of hydrogen-bond acceptors (Lipinski definition) is 3. The van der Waals surface area contributed by atoms with Gasteiger partial charge in [-0.05, 0) is 99.7 Å². The molecular formula is C23H38O3. The van der Waals surface area contributed by atoms with E-state index in [2.05, 4.69) is 6.92 Å². The molecule has 148 valence electrons. The van der Waals surface area contributed by atoms with E-state index in [1.807, 2.05) is 6.92 Å². The Morgan fingerprint density at radius 3 is 2.62 bits per heavy atom. The van der Waals surface area contributed by atoms with Gasteiger partial charge < -0.3 is 14.6 Å². The smallest absolute Gasteiger partial charge is 0.123 e. The standard InChI is InChI=1S/C23H38O3/c1-3-26-15-23(25)12-10-18-16(13-23)7-8-20-19(18)9-11-22(2)17(14-24)5-4-6-21(20)22/h14,16-21,25H,3-13,15H2,1-2H3/t16-,17-,18+,19-,20-,21+,22-,23-/m1/s1. The zero-order valence-electron chi connectivity index (χ0n) is 16.8. The first-order valence-electron chi connectivity index (χ1n) is 11.3. The van der Waals surface area contributed by atoms with Crippen molar-refractivity contribution in [2.45, 2.75) is 83.7 Å². The predicted octanol–water partition coefficient (Wildman–Crippen LogP) is 4.61. The molecule has 0 amide bonds. The van der Waals surface area contributed by atoms with Gasteiger partial charge in [-0.3, -0.25) is 0 Å². The van der Waals surface area contributed by atoms with Crippen LogP contribution in [0.15, 0.2) is 0 Å². The second kappa shape index (κ2) is 7.20. The fourth-order valence-corrected chi connectivity index (χ4v) is 7.85. The third-order valence-corrected chi connectivity index (χ3v) is 9.16. The average molecular weight is 363 g/mol. The Morgan fingerprint density at radius 2 is 1.85 bits per heavy atom. The van der Waals surface area contributed by atoms with Gasteiger partial charge in [0.25, 0.3) is 0 Å². The van der Waals surface area contributed by atoms with E-state index in [1.54, 1.807) is 0 Å². The van der Waals surface area contributed by atoms with E-state index in [1.165, 1.54) is 51.2 Å². The summed E-state index contributed by atoms with van der Waals surface area (Å²) in [5.41, 5.74) is -0.320. The molecule has 0 spiro atoms. The SMILES string of the molecule is CCOC[C@@]1(O)CC[C@H]2[C@H](CC[C@@H]3[C@@H]2CC[C@]2(C)[C@@H](C=O)CCC[C@@H]32)C1. The van der Waals surface area contributed by atoms with Gasteiger partial charge in [0, 0.05) is 12.5 Å². The minimum Gasteiger partial charge on any atom is -0.387 e. The lowest BCUT2D eigenvalue weighted by Crippen LogP contribution is -2.54. The van der Waals surface area contributed by atoms with Gasteiger partial charge in [0.15, 0.2) is 0 Å². The molecule has 0 unspecified atom stereocenters. The normalized spacial score (nSPS) is 51.0. The molecule has 1 N–H and O–H groups in total. The average Bonchev–Trinajstić information content (AvgIpc) is 2.65. The van der Waals surface area contributed by atoms with Crippen LogP contribution < -0.4 is 0 Å². The second-order valence-electron chi connectivity index (χ2n) is 10.3. The molecule has 0 aromatic heterocycles. The monoisotopic (exact) mass is 362 g/mol. The highest BCUT2D eigenvalue weighted by atomic mass is 16.5. The Balaban J connectivity index is 1.48. The van der Waals surface area contributed by atoms with Gasteiger partial charge in [0.1, 0.15) is 6.29 Å². The van der Waals surface area contributed by atoms with Crippen LogP contribution in [0, 0.1) is 40.9 Å². The van der Waals surface area contributed by atoms with E-state index in [9.17, 15) is 9.90 Å². The third-order valence-electron chi connectivity index (χ3n) is 9.16. The Hall–Kier alpha value is -0.410. The molecule has 0 aromatic rings. The molecule has 4 saturated carbocycles. The quantitative estimate of drug-likeness (QED) is 0.743. The van der Waals surface area contributed by atoms with Gasteiger partial charge in [-0.15, -0.1) is 0 Å². The molecule has 0 saturated heterocycles. The van der Waals surface area contributed by atoms with Crippen LogP contribution in [-0.2, 0) is 9.53 Å². The van der Waals surface area contributed by atoms with Crippen LogP contribution in [0.3, 0.4) is 0 Å². The van der Waals surface area contributed by atoms with Crippen LogP contribution in [0.4, 0.5) is 0 Å². The Morgan fingerprint density at radius 1 is 1.04 bits per heavy atom. The zero-order valence-corrected chi connectivity index (χ0v) is 16.8. The molecular weight excluding hydrogens is 324 g/mol. The molecule has 0 aliphatic heterocycles. The van der Waals surface area contributed by atoms with Crippen LogP contribution in [0.25, 0.3) is 0 Å². The van der Waals surface area contributed by atoms with E-state index < -0.39 is 5.60 Å². The Kier molecular flexibility index (Phi) is 5.24. The number of carbonyl (C=O) groups excluding carboxylic acids is 1. The Labute approximate surface area is 159 Å². The molecule has 3 nitrogen and oxygen atoms in total. The Bertz CT molecular complexity index is 520. The fraction of sp³-hybridized carbons (Fsp3) is 0.957. The van der Waals surface area contributed by atoms with Crippen molar-refractivity contribution >= 4 is 6.29 Å². The maximum atomic E-state index is 11.7. The van der Waals surface area contributed by atoms with E-state index >= 15 is 0 Å². The largest absolute Gasteiger partial charge is 0.387 e. The first-order valence-corrected chi connectivity index (χ1v) is 11.3. The van der Waals surface area contributed by atoms with E-state index in [0.717, 1.165) is 42.9 Å². The highest BCUT2D eigenvalue weighted by Crippen LogP contribution is 2.63. The van der Waals surface area contributed by atoms with E-state index in [4.69, 9.17) is 4.74 Å². The summed E-state index contributed by atoms with van der Waals surface area (Å²) < 4.78 is 5.59. The summed E-state index contributed by atoms with van der Waals surface area (Å²) >= 11 is 0. The van der Waals surface area contributed by atoms with Crippen LogP contribution in [0.2, 0.25) is 0 Å². The van der Waals surface area contributed by atoms with Gasteiger partial charge in [0.05, 0.1) is 12.2 Å². The van der Waals surface area contributed by atoms with Crippen molar-refractivity contribution in [2.75, 3.05) is 13.2 Å². The summed E-state index contributed by atoms with van der Waals surface area (Å²) in [4.78, 5) is 11.7. The van der Waals surface area contributed by atoms with Crippen LogP contribution in [0.5, 0.6) is 0 Å². The lowest BCUT2D eigenvalue weighted by atomic mass is 9.45. The predicted molar refractivity (Wildman–Crippen MR) is 103 cm³/mol. The summed E-state index contributed by atoms with van der Waals surface area (Å²) in [6.45, 7) is 5.65. The van der Waals surface area contributed by atoms with E-state index in [0.29, 0.717) is 25.0 Å². The molecule has 26 heavy (non-hydrogen) atoms. The zero-order chi connectivity index (χ0) is 18.4. The van der Waals surface area contributed by atoms with Crippen LogP contribution in [0.1, 0.15) is 78.1 Å². The van der Waals surface area contributed by atoms with Gasteiger partial charge in [0.2, 0.25) is 0 Å². The molecule has 0 aromatic carbocycles. The first-order chi connectivity index (χ1) is 12.5. The molecule has 0 heterocycles. The summed E-state index contributed by atoms with van der Waals surface area (Å²) in [5, 5.41) is 11.0. The lowest BCUT2D eigenvalue weighted by Gasteiger charge is -2.60. The van der Waals surface area contributed by atoms with Crippen molar-refractivity contribution in [3.8, 4) is 0 Å². The second-order valence-corrected chi connectivity index (χ2v) is 10.3. The van der Waals surface area contributed by atoms with Gasteiger partial charge in [-0.1, -0.05) is 13.3 Å². The van der Waals surface area contributed by atoms with Gasteiger partial charge in [-0.25, -0.2) is 0 Å². The van der Waals surface area contributed by atoms with Crippen molar-refractivity contribution in [3.05, 3.63) is 0 Å². The first kappa shape index (κ1) is 18.9. The molecule has 0 radical (unpaired) electrons. The maximum absolute atomic E-state index is 11.7. The number of fused-ring (bicyclic) bond motifs is 5. The van der Waals surface area contributed by atoms with Gasteiger partial charge >= 0.3 is 0 Å². The summed E-state index contributed by atoms with van der Waals surface area (Å²) in [6, 6.07) is 0. The van der Waals surface area contributed by atoms with Gasteiger partial charge in [-0.2, -0.15) is 0 Å². The minimum absolute atomic E-state index is 0.262. The summed E-state index contributed by atoms with van der Waals surface area (Å²) in [7, 11) is 0.